The van der Waals surface area contributed by atoms with Crippen molar-refractivity contribution in [1.29, 1.82) is 0 Å². The molecule has 0 bridgehead atoms. The van der Waals surface area contributed by atoms with Crippen molar-refractivity contribution in [1.82, 2.24) is 5.32 Å². The lowest BCUT2D eigenvalue weighted by Gasteiger charge is -2.12. The molecule has 1 amide bonds. The molecule has 5 nitrogen and oxygen atoms in total. The first-order valence-corrected chi connectivity index (χ1v) is 6.46. The van der Waals surface area contributed by atoms with Crippen molar-refractivity contribution in [3.8, 4) is 17.2 Å². The largest absolute Gasteiger partial charge is 0.496 e. The standard InChI is InChI=1S/C15H19NO4/c1-18-12-9-14(20-3)13(19-2)8-10(12)4-7-15(17)16-11-5-6-11/h4,7-9,11H,5-6H2,1-3H3,(H,16,17)/b7-4+. The van der Waals surface area contributed by atoms with E-state index in [1.165, 1.54) is 6.08 Å². The number of methoxy groups -OCH3 is 3. The number of amides is 1. The predicted molar refractivity (Wildman–Crippen MR) is 76.3 cm³/mol. The molecule has 0 unspecified atom stereocenters. The Kier molecular flexibility index (Phi) is 4.50. The van der Waals surface area contributed by atoms with Gasteiger partial charge in [-0.25, -0.2) is 0 Å². The van der Waals surface area contributed by atoms with Gasteiger partial charge in [0, 0.05) is 23.7 Å². The Balaban J connectivity index is 2.19. The molecule has 1 aliphatic carbocycles. The highest BCUT2D eigenvalue weighted by Gasteiger charge is 2.22. The van der Waals surface area contributed by atoms with Gasteiger partial charge in [-0.05, 0) is 25.0 Å². The van der Waals surface area contributed by atoms with Crippen LogP contribution >= 0.6 is 0 Å². The minimum atomic E-state index is -0.0932. The number of carbonyl (C=O) groups is 1. The molecule has 1 aromatic rings. The molecule has 2 rings (SSSR count). The molecule has 5 heteroatoms. The molecule has 108 valence electrons. The van der Waals surface area contributed by atoms with Crippen molar-refractivity contribution in [2.24, 2.45) is 0 Å². The van der Waals surface area contributed by atoms with E-state index in [0.29, 0.717) is 23.3 Å². The molecule has 0 aromatic heterocycles. The average molecular weight is 277 g/mol. The lowest BCUT2D eigenvalue weighted by atomic mass is 10.1. The number of nitrogens with one attached hydrogen (secondary N) is 1. The summed E-state index contributed by atoms with van der Waals surface area (Å²) in [6.07, 6.45) is 5.35. The second-order valence-corrected chi connectivity index (χ2v) is 4.57. The summed E-state index contributed by atoms with van der Waals surface area (Å²) in [6, 6.07) is 3.86. The highest BCUT2D eigenvalue weighted by atomic mass is 16.5. The van der Waals surface area contributed by atoms with Gasteiger partial charge >= 0.3 is 0 Å². The third-order valence-electron chi connectivity index (χ3n) is 3.07. The Morgan fingerprint density at radius 1 is 1.10 bits per heavy atom. The van der Waals surface area contributed by atoms with E-state index < -0.39 is 0 Å². The van der Waals surface area contributed by atoms with Crippen molar-refractivity contribution in [2.75, 3.05) is 21.3 Å². The minimum Gasteiger partial charge on any atom is -0.496 e. The van der Waals surface area contributed by atoms with Crippen LogP contribution in [0.1, 0.15) is 18.4 Å². The SMILES string of the molecule is COc1cc(OC)c(OC)cc1/C=C/C(=O)NC1CC1. The van der Waals surface area contributed by atoms with Gasteiger partial charge in [-0.1, -0.05) is 0 Å². The second kappa shape index (κ2) is 6.32. The van der Waals surface area contributed by atoms with Crippen LogP contribution in [0.5, 0.6) is 17.2 Å². The summed E-state index contributed by atoms with van der Waals surface area (Å²) in [7, 11) is 4.70. The van der Waals surface area contributed by atoms with Crippen LogP contribution in [0, 0.1) is 0 Å². The Morgan fingerprint density at radius 3 is 2.25 bits per heavy atom. The van der Waals surface area contributed by atoms with Crippen molar-refractivity contribution in [3.05, 3.63) is 23.8 Å². The van der Waals surface area contributed by atoms with E-state index >= 15 is 0 Å². The summed E-state index contributed by atoms with van der Waals surface area (Å²) in [5.41, 5.74) is 0.760. The highest BCUT2D eigenvalue weighted by molar-refractivity contribution is 5.92. The van der Waals surface area contributed by atoms with Crippen LogP contribution in [0.4, 0.5) is 0 Å². The molecule has 0 heterocycles. The van der Waals surface area contributed by atoms with E-state index in [4.69, 9.17) is 14.2 Å². The van der Waals surface area contributed by atoms with Crippen molar-refractivity contribution >= 4 is 12.0 Å². The summed E-state index contributed by atoms with van der Waals surface area (Å²) < 4.78 is 15.7. The van der Waals surface area contributed by atoms with Gasteiger partial charge in [-0.2, -0.15) is 0 Å². The number of hydrogen-bond donors (Lipinski definition) is 1. The van der Waals surface area contributed by atoms with E-state index in [1.54, 1.807) is 39.5 Å². The molecule has 20 heavy (non-hydrogen) atoms. The molecule has 0 saturated heterocycles. The quantitative estimate of drug-likeness (QED) is 0.808. The molecule has 1 N–H and O–H groups in total. The highest BCUT2D eigenvalue weighted by Crippen LogP contribution is 2.35. The molecule has 1 aliphatic rings. The van der Waals surface area contributed by atoms with E-state index in [1.807, 2.05) is 0 Å². The van der Waals surface area contributed by atoms with Crippen molar-refractivity contribution in [3.63, 3.8) is 0 Å². The molecule has 1 fully saturated rings. The first-order chi connectivity index (χ1) is 9.67. The first-order valence-electron chi connectivity index (χ1n) is 6.46. The van der Waals surface area contributed by atoms with E-state index in [-0.39, 0.29) is 5.91 Å². The molecular weight excluding hydrogens is 258 g/mol. The molecular formula is C15H19NO4. The van der Waals surface area contributed by atoms with Gasteiger partial charge < -0.3 is 19.5 Å². The molecule has 0 radical (unpaired) electrons. The van der Waals surface area contributed by atoms with E-state index in [9.17, 15) is 4.79 Å². The Bertz CT molecular complexity index is 521. The molecule has 1 aromatic carbocycles. The number of rotatable bonds is 6. The summed E-state index contributed by atoms with van der Waals surface area (Å²) >= 11 is 0. The summed E-state index contributed by atoms with van der Waals surface area (Å²) in [4.78, 5) is 11.6. The maximum Gasteiger partial charge on any atom is 0.244 e. The van der Waals surface area contributed by atoms with Gasteiger partial charge in [-0.15, -0.1) is 0 Å². The second-order valence-electron chi connectivity index (χ2n) is 4.57. The predicted octanol–water partition coefficient (Wildman–Crippen LogP) is 2.00. The van der Waals surface area contributed by atoms with Crippen LogP contribution in [0.25, 0.3) is 6.08 Å². The topological polar surface area (TPSA) is 56.8 Å². The number of carbonyl (C=O) groups excluding carboxylic acids is 1. The molecule has 0 spiro atoms. The summed E-state index contributed by atoms with van der Waals surface area (Å²) in [5.74, 6) is 1.71. The normalized spacial score (nSPS) is 14.2. The zero-order valence-electron chi connectivity index (χ0n) is 11.9. The average Bonchev–Trinajstić information content (AvgIpc) is 3.27. The summed E-state index contributed by atoms with van der Waals surface area (Å²) in [5, 5.41) is 2.89. The van der Waals surface area contributed by atoms with Gasteiger partial charge in [-0.3, -0.25) is 4.79 Å². The molecule has 0 aliphatic heterocycles. The fraction of sp³-hybridized carbons (Fsp3) is 0.400. The zero-order chi connectivity index (χ0) is 14.5. The van der Waals surface area contributed by atoms with Gasteiger partial charge in [0.2, 0.25) is 5.91 Å². The Morgan fingerprint density at radius 2 is 1.70 bits per heavy atom. The number of ether oxygens (including phenoxy) is 3. The van der Waals surface area contributed by atoms with Crippen LogP contribution in [-0.4, -0.2) is 33.3 Å². The lowest BCUT2D eigenvalue weighted by molar-refractivity contribution is -0.116. The fourth-order valence-corrected chi connectivity index (χ4v) is 1.83. The van der Waals surface area contributed by atoms with Gasteiger partial charge in [0.15, 0.2) is 11.5 Å². The van der Waals surface area contributed by atoms with Crippen LogP contribution in [-0.2, 0) is 4.79 Å². The molecule has 1 saturated carbocycles. The first kappa shape index (κ1) is 14.2. The van der Waals surface area contributed by atoms with Gasteiger partial charge in [0.1, 0.15) is 5.75 Å². The van der Waals surface area contributed by atoms with E-state index in [0.717, 1.165) is 18.4 Å². The van der Waals surface area contributed by atoms with Crippen LogP contribution < -0.4 is 19.5 Å². The zero-order valence-corrected chi connectivity index (χ0v) is 11.9. The van der Waals surface area contributed by atoms with Crippen LogP contribution in [0.3, 0.4) is 0 Å². The summed E-state index contributed by atoms with van der Waals surface area (Å²) in [6.45, 7) is 0. The van der Waals surface area contributed by atoms with Crippen LogP contribution in [0.2, 0.25) is 0 Å². The monoisotopic (exact) mass is 277 g/mol. The van der Waals surface area contributed by atoms with E-state index in [2.05, 4.69) is 5.32 Å². The third-order valence-corrected chi connectivity index (χ3v) is 3.07. The minimum absolute atomic E-state index is 0.0932. The third kappa shape index (κ3) is 3.44. The molecule has 0 atom stereocenters. The van der Waals surface area contributed by atoms with Gasteiger partial charge in [0.05, 0.1) is 21.3 Å². The number of benzene rings is 1. The van der Waals surface area contributed by atoms with Crippen LogP contribution in [0.15, 0.2) is 18.2 Å². The Hall–Kier alpha value is -2.17. The lowest BCUT2D eigenvalue weighted by Crippen LogP contribution is -2.22. The fourth-order valence-electron chi connectivity index (χ4n) is 1.83. The maximum atomic E-state index is 11.6. The smallest absolute Gasteiger partial charge is 0.244 e. The maximum absolute atomic E-state index is 11.6. The van der Waals surface area contributed by atoms with Gasteiger partial charge in [0.25, 0.3) is 0 Å². The van der Waals surface area contributed by atoms with Crippen molar-refractivity contribution < 1.29 is 19.0 Å². The number of hydrogen-bond acceptors (Lipinski definition) is 4. The Labute approximate surface area is 118 Å². The van der Waals surface area contributed by atoms with Crippen molar-refractivity contribution in [2.45, 2.75) is 18.9 Å².